The number of aromatic amines is 1. The predicted octanol–water partition coefficient (Wildman–Crippen LogP) is 3.13. The summed E-state index contributed by atoms with van der Waals surface area (Å²) in [6.45, 7) is 1.47. The maximum Gasteiger partial charge on any atom is 0.252 e. The van der Waals surface area contributed by atoms with Crippen LogP contribution in [0.25, 0.3) is 32.9 Å². The zero-order valence-electron chi connectivity index (χ0n) is 15.0. The van der Waals surface area contributed by atoms with Crippen LogP contribution in [0.4, 0.5) is 4.39 Å². The Balaban J connectivity index is 1.80. The van der Waals surface area contributed by atoms with Crippen molar-refractivity contribution < 1.29 is 14.0 Å². The molecule has 0 aliphatic rings. The molecule has 140 valence electrons. The van der Waals surface area contributed by atoms with E-state index in [1.54, 1.807) is 6.07 Å². The number of nitrogens with one attached hydrogen (secondary N) is 2. The molecule has 0 saturated heterocycles. The third kappa shape index (κ3) is 3.07. The summed E-state index contributed by atoms with van der Waals surface area (Å²) >= 11 is 0. The lowest BCUT2D eigenvalue weighted by Gasteiger charge is -2.10. The van der Waals surface area contributed by atoms with Gasteiger partial charge in [0.2, 0.25) is 5.91 Å². The molecule has 0 fully saturated rings. The van der Waals surface area contributed by atoms with Gasteiger partial charge in [0.1, 0.15) is 11.6 Å². The van der Waals surface area contributed by atoms with Crippen molar-refractivity contribution in [2.45, 2.75) is 13.0 Å². The molecule has 0 aliphatic carbocycles. The molecule has 0 saturated carbocycles. The molecule has 3 aromatic carbocycles. The minimum Gasteiger partial charge on any atom is -0.368 e. The maximum absolute atomic E-state index is 14.5. The van der Waals surface area contributed by atoms with Gasteiger partial charge in [-0.2, -0.15) is 5.10 Å². The molecule has 1 atom stereocenters. The number of hydrogen-bond acceptors (Lipinski definition) is 3. The van der Waals surface area contributed by atoms with Crippen molar-refractivity contribution in [1.82, 2.24) is 15.5 Å². The summed E-state index contributed by atoms with van der Waals surface area (Å²) in [6.07, 6.45) is 0. The van der Waals surface area contributed by atoms with Crippen molar-refractivity contribution in [3.8, 4) is 11.3 Å². The highest BCUT2D eigenvalue weighted by Gasteiger charge is 2.19. The van der Waals surface area contributed by atoms with E-state index in [9.17, 15) is 14.0 Å². The molecular formula is C21H17FN4O2. The zero-order chi connectivity index (χ0) is 19.8. The quantitative estimate of drug-likeness (QED) is 0.510. The number of carbonyl (C=O) groups excluding carboxylic acids is 2. The van der Waals surface area contributed by atoms with Crippen molar-refractivity contribution in [1.29, 1.82) is 0 Å². The Morgan fingerprint density at radius 2 is 1.86 bits per heavy atom. The van der Waals surface area contributed by atoms with Gasteiger partial charge in [-0.1, -0.05) is 36.4 Å². The molecule has 6 nitrogen and oxygen atoms in total. The number of benzene rings is 3. The lowest BCUT2D eigenvalue weighted by atomic mass is 10.0. The van der Waals surface area contributed by atoms with E-state index in [0.717, 1.165) is 22.4 Å². The average Bonchev–Trinajstić information content (AvgIpc) is 3.12. The SMILES string of the molecule is CC(NC(=O)c1cc(F)c2n[nH]c(-c3ccc4ccccc4c3)c2c1)C(N)=O. The number of nitrogens with two attached hydrogens (primary N) is 1. The van der Waals surface area contributed by atoms with Crippen LogP contribution in [-0.4, -0.2) is 28.1 Å². The number of primary amides is 1. The monoisotopic (exact) mass is 376 g/mol. The maximum atomic E-state index is 14.5. The number of H-pyrrole nitrogens is 1. The molecule has 7 heteroatoms. The van der Waals surface area contributed by atoms with Crippen molar-refractivity contribution in [2.75, 3.05) is 0 Å². The number of halogens is 1. The van der Waals surface area contributed by atoms with Crippen molar-refractivity contribution in [3.63, 3.8) is 0 Å². The van der Waals surface area contributed by atoms with E-state index < -0.39 is 23.7 Å². The number of nitrogens with zero attached hydrogens (tertiary/aromatic N) is 1. The standard InChI is InChI=1S/C21H17FN4O2/c1-11(20(23)27)24-21(28)15-9-16-18(25-26-19(16)17(22)10-15)14-7-6-12-4-2-3-5-13(12)8-14/h2-11H,1H3,(H2,23,27)(H,24,28)(H,25,26). The van der Waals surface area contributed by atoms with Gasteiger partial charge >= 0.3 is 0 Å². The molecule has 28 heavy (non-hydrogen) atoms. The van der Waals surface area contributed by atoms with E-state index in [-0.39, 0.29) is 11.1 Å². The first-order chi connectivity index (χ1) is 13.4. The molecule has 4 rings (SSSR count). The summed E-state index contributed by atoms with van der Waals surface area (Å²) in [5.74, 6) is -1.88. The normalized spacial score (nSPS) is 12.2. The molecule has 2 amide bonds. The van der Waals surface area contributed by atoms with Gasteiger partial charge in [-0.05, 0) is 35.9 Å². The van der Waals surface area contributed by atoms with Gasteiger partial charge in [0, 0.05) is 16.5 Å². The van der Waals surface area contributed by atoms with Crippen LogP contribution in [0.5, 0.6) is 0 Å². The van der Waals surface area contributed by atoms with E-state index in [1.165, 1.54) is 6.92 Å². The zero-order valence-corrected chi connectivity index (χ0v) is 15.0. The van der Waals surface area contributed by atoms with Gasteiger partial charge in [-0.15, -0.1) is 0 Å². The highest BCUT2D eigenvalue weighted by atomic mass is 19.1. The van der Waals surface area contributed by atoms with Crippen molar-refractivity contribution >= 4 is 33.5 Å². The summed E-state index contributed by atoms with van der Waals surface area (Å²) in [5, 5.41) is 12.0. The van der Waals surface area contributed by atoms with E-state index in [0.29, 0.717) is 11.1 Å². The second-order valence-corrected chi connectivity index (χ2v) is 6.61. The third-order valence-electron chi connectivity index (χ3n) is 4.69. The summed E-state index contributed by atoms with van der Waals surface area (Å²) in [7, 11) is 0. The van der Waals surface area contributed by atoms with Gasteiger partial charge in [0.25, 0.3) is 5.91 Å². The Labute approximate surface area is 159 Å². The molecule has 0 radical (unpaired) electrons. The Morgan fingerprint density at radius 1 is 1.11 bits per heavy atom. The molecular weight excluding hydrogens is 359 g/mol. The van der Waals surface area contributed by atoms with Crippen LogP contribution in [0.1, 0.15) is 17.3 Å². The molecule has 0 spiro atoms. The minimum atomic E-state index is -0.865. The van der Waals surface area contributed by atoms with Crippen LogP contribution >= 0.6 is 0 Å². The average molecular weight is 376 g/mol. The highest BCUT2D eigenvalue weighted by molar-refractivity contribution is 6.03. The summed E-state index contributed by atoms with van der Waals surface area (Å²) in [4.78, 5) is 23.6. The first-order valence-corrected chi connectivity index (χ1v) is 8.71. The second-order valence-electron chi connectivity index (χ2n) is 6.61. The molecule has 1 aromatic heterocycles. The lowest BCUT2D eigenvalue weighted by Crippen LogP contribution is -2.42. The van der Waals surface area contributed by atoms with Crippen molar-refractivity contribution in [3.05, 3.63) is 66.0 Å². The smallest absolute Gasteiger partial charge is 0.252 e. The Morgan fingerprint density at radius 3 is 2.61 bits per heavy atom. The van der Waals surface area contributed by atoms with Crippen LogP contribution < -0.4 is 11.1 Å². The van der Waals surface area contributed by atoms with Crippen LogP contribution in [0.2, 0.25) is 0 Å². The van der Waals surface area contributed by atoms with Crippen LogP contribution in [-0.2, 0) is 4.79 Å². The Hall–Kier alpha value is -3.74. The summed E-state index contributed by atoms with van der Waals surface area (Å²) in [5.41, 5.74) is 6.83. The largest absolute Gasteiger partial charge is 0.368 e. The molecule has 0 bridgehead atoms. The molecule has 4 N–H and O–H groups in total. The molecule has 1 heterocycles. The van der Waals surface area contributed by atoms with Crippen LogP contribution in [0.15, 0.2) is 54.6 Å². The lowest BCUT2D eigenvalue weighted by molar-refractivity contribution is -0.119. The van der Waals surface area contributed by atoms with Gasteiger partial charge in [-0.25, -0.2) is 4.39 Å². The van der Waals surface area contributed by atoms with Crippen LogP contribution in [0, 0.1) is 5.82 Å². The Kier molecular flexibility index (Phi) is 4.27. The van der Waals surface area contributed by atoms with Crippen LogP contribution in [0.3, 0.4) is 0 Å². The molecule has 1 unspecified atom stereocenters. The number of hydrogen-bond donors (Lipinski definition) is 3. The summed E-state index contributed by atoms with van der Waals surface area (Å²) in [6, 6.07) is 15.5. The van der Waals surface area contributed by atoms with Gasteiger partial charge in [-0.3, -0.25) is 14.7 Å². The fourth-order valence-corrected chi connectivity index (χ4v) is 3.12. The van der Waals surface area contributed by atoms with Gasteiger partial charge in [0.05, 0.1) is 5.69 Å². The third-order valence-corrected chi connectivity index (χ3v) is 4.69. The molecule has 4 aromatic rings. The van der Waals surface area contributed by atoms with Gasteiger partial charge in [0.15, 0.2) is 5.82 Å². The van der Waals surface area contributed by atoms with Gasteiger partial charge < -0.3 is 11.1 Å². The fraction of sp³-hybridized carbons (Fsp3) is 0.0952. The topological polar surface area (TPSA) is 101 Å². The number of rotatable bonds is 4. The highest BCUT2D eigenvalue weighted by Crippen LogP contribution is 2.30. The number of aromatic nitrogens is 2. The first-order valence-electron chi connectivity index (χ1n) is 8.71. The van der Waals surface area contributed by atoms with Crippen molar-refractivity contribution in [2.24, 2.45) is 5.73 Å². The van der Waals surface area contributed by atoms with E-state index >= 15 is 0 Å². The molecule has 0 aliphatic heterocycles. The fourth-order valence-electron chi connectivity index (χ4n) is 3.12. The van der Waals surface area contributed by atoms with E-state index in [4.69, 9.17) is 5.73 Å². The second kappa shape index (κ2) is 6.77. The minimum absolute atomic E-state index is 0.0848. The Bertz CT molecular complexity index is 1230. The van der Waals surface area contributed by atoms with E-state index in [1.807, 2.05) is 42.5 Å². The number of amides is 2. The number of carbonyl (C=O) groups is 2. The number of fused-ring (bicyclic) bond motifs is 2. The first kappa shape index (κ1) is 17.7. The predicted molar refractivity (Wildman–Crippen MR) is 105 cm³/mol. The van der Waals surface area contributed by atoms with E-state index in [2.05, 4.69) is 15.5 Å². The summed E-state index contributed by atoms with van der Waals surface area (Å²) < 4.78 is 14.5.